The van der Waals surface area contributed by atoms with Crippen LogP contribution in [-0.2, 0) is 0 Å². The minimum atomic E-state index is -0.280. The molecule has 1 aliphatic heterocycles. The van der Waals surface area contributed by atoms with Gasteiger partial charge in [-0.2, -0.15) is 0 Å². The van der Waals surface area contributed by atoms with Crippen molar-refractivity contribution in [3.05, 3.63) is 52.2 Å². The third-order valence-electron chi connectivity index (χ3n) is 5.47. The van der Waals surface area contributed by atoms with Crippen LogP contribution in [0.5, 0.6) is 0 Å². The Bertz CT molecular complexity index is 838. The maximum atomic E-state index is 12.8. The molecule has 2 amide bonds. The first-order chi connectivity index (χ1) is 14.1. The van der Waals surface area contributed by atoms with Gasteiger partial charge in [0.05, 0.1) is 16.1 Å². The number of aliphatic imine (C=N–C) groups is 1. The van der Waals surface area contributed by atoms with E-state index in [1.165, 1.54) is 0 Å². The number of nitrogens with zero attached hydrogens (tertiary/aromatic N) is 3. The number of carbonyl (C=O) groups excluding carboxylic acids is 1. The average Bonchev–Trinajstić information content (AvgIpc) is 2.71. The Kier molecular flexibility index (Phi) is 8.95. The quantitative estimate of drug-likeness (QED) is 0.439. The Morgan fingerprint density at radius 3 is 2.50 bits per heavy atom. The summed E-state index contributed by atoms with van der Waals surface area (Å²) in [6, 6.07) is 3.65. The third kappa shape index (κ3) is 6.10. The van der Waals surface area contributed by atoms with Crippen molar-refractivity contribution in [3.8, 4) is 0 Å². The van der Waals surface area contributed by atoms with Crippen LogP contribution in [0.4, 0.5) is 4.79 Å². The molecule has 1 aliphatic rings. The van der Waals surface area contributed by atoms with Gasteiger partial charge in [-0.25, -0.2) is 4.79 Å². The van der Waals surface area contributed by atoms with E-state index in [2.05, 4.69) is 28.8 Å². The first-order valence-corrected chi connectivity index (χ1v) is 10.9. The molecule has 1 heterocycles. The molecule has 0 saturated carbocycles. The van der Waals surface area contributed by atoms with E-state index >= 15 is 0 Å². The molecule has 0 spiro atoms. The minimum Gasteiger partial charge on any atom is -0.331 e. The van der Waals surface area contributed by atoms with E-state index in [1.807, 2.05) is 40.0 Å². The summed E-state index contributed by atoms with van der Waals surface area (Å²) < 4.78 is 0. The van der Waals surface area contributed by atoms with Crippen LogP contribution in [0, 0.1) is 0 Å². The molecule has 1 atom stereocenters. The third-order valence-corrected chi connectivity index (χ3v) is 6.36. The normalized spacial score (nSPS) is 16.7. The summed E-state index contributed by atoms with van der Waals surface area (Å²) in [5.74, 6) is 0. The molecule has 1 aromatic rings. The Balaban J connectivity index is 2.16. The van der Waals surface area contributed by atoms with Crippen molar-refractivity contribution >= 4 is 40.5 Å². The van der Waals surface area contributed by atoms with Crippen LogP contribution in [0.3, 0.4) is 0 Å². The highest BCUT2D eigenvalue weighted by molar-refractivity contribution is 6.43. The van der Waals surface area contributed by atoms with Crippen molar-refractivity contribution in [2.45, 2.75) is 45.7 Å². The Hall–Kier alpha value is -1.82. The molecule has 0 aromatic heterocycles. The number of hydrogen-bond acceptors (Lipinski definition) is 3. The fourth-order valence-corrected chi connectivity index (χ4v) is 4.08. The number of likely N-dealkylation sites (tertiary alicyclic amines) is 1. The zero-order valence-electron chi connectivity index (χ0n) is 18.5. The summed E-state index contributed by atoms with van der Waals surface area (Å²) in [6.45, 7) is 11.6. The van der Waals surface area contributed by atoms with Gasteiger partial charge < -0.3 is 15.1 Å². The number of halogens is 2. The molecule has 0 aliphatic carbocycles. The van der Waals surface area contributed by atoms with Gasteiger partial charge in [0.15, 0.2) is 0 Å². The molecule has 30 heavy (non-hydrogen) atoms. The Morgan fingerprint density at radius 2 is 1.93 bits per heavy atom. The second kappa shape index (κ2) is 11.0. The van der Waals surface area contributed by atoms with Gasteiger partial charge in [-0.15, -0.1) is 0 Å². The SMILES string of the molecule is C=C/C(=C\N=C(C)C)c1ccc(C(C)NC(=O)N(C)C2CCN(C)CC2)c(Cl)c1Cl. The summed E-state index contributed by atoms with van der Waals surface area (Å²) in [4.78, 5) is 21.2. The van der Waals surface area contributed by atoms with E-state index in [9.17, 15) is 4.79 Å². The predicted octanol–water partition coefficient (Wildman–Crippen LogP) is 5.80. The number of nitrogens with one attached hydrogen (secondary N) is 1. The molecule has 164 valence electrons. The lowest BCUT2D eigenvalue weighted by Gasteiger charge is -2.35. The van der Waals surface area contributed by atoms with Crippen LogP contribution in [0.1, 0.15) is 50.8 Å². The number of benzene rings is 1. The molecule has 1 N–H and O–H groups in total. The fourth-order valence-electron chi connectivity index (χ4n) is 3.47. The number of urea groups is 1. The fraction of sp³-hybridized carbons (Fsp3) is 0.478. The highest BCUT2D eigenvalue weighted by atomic mass is 35.5. The highest BCUT2D eigenvalue weighted by Crippen LogP contribution is 2.36. The number of hydrogen-bond donors (Lipinski definition) is 1. The lowest BCUT2D eigenvalue weighted by molar-refractivity contribution is 0.146. The number of piperidine rings is 1. The van der Waals surface area contributed by atoms with Crippen molar-refractivity contribution in [1.29, 1.82) is 0 Å². The molecule has 0 bridgehead atoms. The molecule has 7 heteroatoms. The summed E-state index contributed by atoms with van der Waals surface area (Å²) in [5, 5.41) is 3.90. The van der Waals surface area contributed by atoms with E-state index in [0.29, 0.717) is 10.0 Å². The minimum absolute atomic E-state index is 0.104. The van der Waals surface area contributed by atoms with Crippen molar-refractivity contribution in [2.75, 3.05) is 27.2 Å². The van der Waals surface area contributed by atoms with E-state index in [1.54, 1.807) is 17.2 Å². The summed E-state index contributed by atoms with van der Waals surface area (Å²) >= 11 is 13.2. The maximum absolute atomic E-state index is 12.8. The van der Waals surface area contributed by atoms with Crippen LogP contribution < -0.4 is 5.32 Å². The first-order valence-electron chi connectivity index (χ1n) is 10.2. The first kappa shape index (κ1) is 24.4. The molecule has 1 aromatic carbocycles. The molecule has 0 radical (unpaired) electrons. The van der Waals surface area contributed by atoms with Crippen LogP contribution in [-0.4, -0.2) is 54.8 Å². The highest BCUT2D eigenvalue weighted by Gasteiger charge is 2.25. The van der Waals surface area contributed by atoms with Gasteiger partial charge in [0.25, 0.3) is 0 Å². The standard InChI is InChI=1S/C23H32Cl2N4O/c1-7-17(14-26-15(2)3)20-9-8-19(21(24)22(20)25)16(4)27-23(30)29(6)18-10-12-28(5)13-11-18/h7-9,14,16,18H,1,10-13H2,2-6H3,(H,27,30)/b17-14+. The zero-order valence-corrected chi connectivity index (χ0v) is 20.0. The molecule has 5 nitrogen and oxygen atoms in total. The zero-order chi connectivity index (χ0) is 22.4. The van der Waals surface area contributed by atoms with E-state index < -0.39 is 0 Å². The Morgan fingerprint density at radius 1 is 1.30 bits per heavy atom. The van der Waals surface area contributed by atoms with E-state index in [0.717, 1.165) is 48.3 Å². The van der Waals surface area contributed by atoms with Gasteiger partial charge in [0.1, 0.15) is 0 Å². The molecule has 1 saturated heterocycles. The average molecular weight is 451 g/mol. The predicted molar refractivity (Wildman–Crippen MR) is 129 cm³/mol. The van der Waals surface area contributed by atoms with Crippen LogP contribution in [0.25, 0.3) is 5.57 Å². The lowest BCUT2D eigenvalue weighted by Crippen LogP contribution is -2.48. The number of allylic oxidation sites excluding steroid dienone is 2. The van der Waals surface area contributed by atoms with Gasteiger partial charge in [-0.3, -0.25) is 4.99 Å². The van der Waals surface area contributed by atoms with Gasteiger partial charge in [-0.05, 0) is 59.3 Å². The van der Waals surface area contributed by atoms with Crippen LogP contribution in [0.15, 0.2) is 36.0 Å². The van der Waals surface area contributed by atoms with Crippen molar-refractivity contribution in [2.24, 2.45) is 4.99 Å². The molecule has 1 fully saturated rings. The van der Waals surface area contributed by atoms with E-state index in [4.69, 9.17) is 23.2 Å². The Labute approximate surface area is 190 Å². The van der Waals surface area contributed by atoms with Gasteiger partial charge in [0.2, 0.25) is 0 Å². The summed E-state index contributed by atoms with van der Waals surface area (Å²) in [7, 11) is 3.96. The second-order valence-electron chi connectivity index (χ2n) is 8.01. The molecular formula is C23H32Cl2N4O. The largest absolute Gasteiger partial charge is 0.331 e. The van der Waals surface area contributed by atoms with Gasteiger partial charge >= 0.3 is 6.03 Å². The monoisotopic (exact) mass is 450 g/mol. The van der Waals surface area contributed by atoms with E-state index in [-0.39, 0.29) is 18.1 Å². The van der Waals surface area contributed by atoms with Gasteiger partial charge in [0, 0.05) is 36.1 Å². The number of amides is 2. The molecule has 2 rings (SSSR count). The van der Waals surface area contributed by atoms with Crippen LogP contribution in [0.2, 0.25) is 10.0 Å². The smallest absolute Gasteiger partial charge is 0.317 e. The molecular weight excluding hydrogens is 419 g/mol. The lowest BCUT2D eigenvalue weighted by atomic mass is 10.0. The van der Waals surface area contributed by atoms with Crippen LogP contribution >= 0.6 is 23.2 Å². The summed E-state index contributed by atoms with van der Waals surface area (Å²) in [5.41, 5.74) is 3.24. The topological polar surface area (TPSA) is 47.9 Å². The number of carbonyl (C=O) groups is 1. The van der Waals surface area contributed by atoms with Crippen molar-refractivity contribution in [1.82, 2.24) is 15.1 Å². The number of rotatable bonds is 6. The summed E-state index contributed by atoms with van der Waals surface area (Å²) in [6.07, 6.45) is 5.38. The van der Waals surface area contributed by atoms with Crippen molar-refractivity contribution in [3.63, 3.8) is 0 Å². The van der Waals surface area contributed by atoms with Gasteiger partial charge in [-0.1, -0.05) is 48.0 Å². The molecule has 1 unspecified atom stereocenters. The maximum Gasteiger partial charge on any atom is 0.317 e. The second-order valence-corrected chi connectivity index (χ2v) is 8.77. The van der Waals surface area contributed by atoms with Crippen molar-refractivity contribution < 1.29 is 4.79 Å².